The lowest BCUT2D eigenvalue weighted by atomic mass is 10.1. The standard InChI is InChI=1S/C11H12N2O4/c1-7(14)17-12-10-8-5-3-4-6-9(8)16-11(10)13-15-2/h3-7,14H,1-2H3/b12-10+,13-11-. The third-order valence-corrected chi connectivity index (χ3v) is 2.02. The van der Waals surface area contributed by atoms with Crippen molar-refractivity contribution in [2.75, 3.05) is 7.11 Å². The molecular formula is C11H12N2O4. The molecule has 0 spiro atoms. The maximum absolute atomic E-state index is 9.04. The van der Waals surface area contributed by atoms with Crippen LogP contribution in [-0.4, -0.2) is 30.1 Å². The van der Waals surface area contributed by atoms with Crippen LogP contribution >= 0.6 is 0 Å². The van der Waals surface area contributed by atoms with Crippen molar-refractivity contribution >= 4 is 11.6 Å². The van der Waals surface area contributed by atoms with Gasteiger partial charge in [-0.3, -0.25) is 0 Å². The van der Waals surface area contributed by atoms with E-state index in [0.717, 1.165) is 5.56 Å². The van der Waals surface area contributed by atoms with Crippen molar-refractivity contribution in [1.82, 2.24) is 0 Å². The van der Waals surface area contributed by atoms with Crippen LogP contribution in [0.25, 0.3) is 0 Å². The Morgan fingerprint density at radius 2 is 2.06 bits per heavy atom. The molecule has 1 atom stereocenters. The van der Waals surface area contributed by atoms with Gasteiger partial charge in [0.25, 0.3) is 5.90 Å². The smallest absolute Gasteiger partial charge is 0.286 e. The molecule has 0 fully saturated rings. The summed E-state index contributed by atoms with van der Waals surface area (Å²) in [6, 6.07) is 7.28. The average Bonchev–Trinajstić information content (AvgIpc) is 2.64. The zero-order chi connectivity index (χ0) is 12.3. The second-order valence-corrected chi connectivity index (χ2v) is 3.32. The van der Waals surface area contributed by atoms with Crippen LogP contribution in [0.15, 0.2) is 34.6 Å². The highest BCUT2D eigenvalue weighted by Gasteiger charge is 2.28. The SMILES string of the molecule is CO/N=C1\Oc2ccccc2\C1=N/OC(C)O. The first-order chi connectivity index (χ1) is 8.22. The number of para-hydroxylation sites is 1. The third-order valence-electron chi connectivity index (χ3n) is 2.02. The predicted molar refractivity (Wildman–Crippen MR) is 60.8 cm³/mol. The fraction of sp³-hybridized carbons (Fsp3) is 0.273. The zero-order valence-electron chi connectivity index (χ0n) is 9.45. The maximum atomic E-state index is 9.04. The summed E-state index contributed by atoms with van der Waals surface area (Å²) >= 11 is 0. The van der Waals surface area contributed by atoms with Crippen molar-refractivity contribution in [2.45, 2.75) is 13.2 Å². The highest BCUT2D eigenvalue weighted by atomic mass is 16.7. The molecule has 0 radical (unpaired) electrons. The van der Waals surface area contributed by atoms with Crippen LogP contribution in [0.2, 0.25) is 0 Å². The number of fused-ring (bicyclic) bond motifs is 1. The van der Waals surface area contributed by atoms with E-state index in [9.17, 15) is 0 Å². The van der Waals surface area contributed by atoms with E-state index >= 15 is 0 Å². The van der Waals surface area contributed by atoms with Crippen LogP contribution in [0.3, 0.4) is 0 Å². The first-order valence-electron chi connectivity index (χ1n) is 5.03. The van der Waals surface area contributed by atoms with Gasteiger partial charge in [-0.1, -0.05) is 17.3 Å². The van der Waals surface area contributed by atoms with E-state index < -0.39 is 6.29 Å². The Hall–Kier alpha value is -2.08. The van der Waals surface area contributed by atoms with Crippen LogP contribution in [0.1, 0.15) is 12.5 Å². The van der Waals surface area contributed by atoms with Gasteiger partial charge < -0.3 is 19.5 Å². The lowest BCUT2D eigenvalue weighted by molar-refractivity contribution is -0.0834. The molecule has 6 heteroatoms. The van der Waals surface area contributed by atoms with E-state index in [1.807, 2.05) is 18.2 Å². The van der Waals surface area contributed by atoms with E-state index in [1.54, 1.807) is 6.07 Å². The van der Waals surface area contributed by atoms with Crippen molar-refractivity contribution in [3.63, 3.8) is 0 Å². The number of hydrogen-bond acceptors (Lipinski definition) is 6. The molecule has 0 amide bonds. The fourth-order valence-corrected chi connectivity index (χ4v) is 1.38. The third kappa shape index (κ3) is 2.36. The van der Waals surface area contributed by atoms with Gasteiger partial charge in [-0.25, -0.2) is 0 Å². The van der Waals surface area contributed by atoms with Crippen molar-refractivity contribution in [3.8, 4) is 5.75 Å². The van der Waals surface area contributed by atoms with E-state index in [-0.39, 0.29) is 5.90 Å². The van der Waals surface area contributed by atoms with Crippen LogP contribution in [-0.2, 0) is 9.68 Å². The molecule has 0 saturated heterocycles. The Kier molecular flexibility index (Phi) is 3.24. The Labute approximate surface area is 98.1 Å². The first kappa shape index (κ1) is 11.4. The molecule has 1 unspecified atom stereocenters. The van der Waals surface area contributed by atoms with Gasteiger partial charge in [0.1, 0.15) is 12.9 Å². The van der Waals surface area contributed by atoms with Gasteiger partial charge in [-0.2, -0.15) is 0 Å². The lowest BCUT2D eigenvalue weighted by Crippen LogP contribution is -2.15. The molecule has 1 aliphatic rings. The normalized spacial score (nSPS) is 19.9. The second kappa shape index (κ2) is 4.84. The molecular weight excluding hydrogens is 224 g/mol. The minimum absolute atomic E-state index is 0.203. The monoisotopic (exact) mass is 236 g/mol. The van der Waals surface area contributed by atoms with E-state index in [0.29, 0.717) is 11.5 Å². The molecule has 1 aromatic carbocycles. The Bertz CT molecular complexity index is 468. The minimum atomic E-state index is -1.00. The molecule has 1 aliphatic heterocycles. The summed E-state index contributed by atoms with van der Waals surface area (Å²) in [4.78, 5) is 9.44. The van der Waals surface area contributed by atoms with Gasteiger partial charge in [-0.15, -0.1) is 0 Å². The van der Waals surface area contributed by atoms with Crippen molar-refractivity contribution in [1.29, 1.82) is 0 Å². The van der Waals surface area contributed by atoms with Crippen LogP contribution in [0.4, 0.5) is 0 Å². The van der Waals surface area contributed by atoms with Gasteiger partial charge in [0.15, 0.2) is 5.71 Å². The highest BCUT2D eigenvalue weighted by molar-refractivity contribution is 6.48. The number of ether oxygens (including phenoxy) is 1. The molecule has 1 aromatic rings. The van der Waals surface area contributed by atoms with Crippen LogP contribution in [0.5, 0.6) is 5.75 Å². The summed E-state index contributed by atoms with van der Waals surface area (Å²) in [7, 11) is 1.41. The van der Waals surface area contributed by atoms with Gasteiger partial charge in [-0.05, 0) is 17.3 Å². The van der Waals surface area contributed by atoms with Gasteiger partial charge >= 0.3 is 0 Å². The Morgan fingerprint density at radius 1 is 1.29 bits per heavy atom. The second-order valence-electron chi connectivity index (χ2n) is 3.32. The lowest BCUT2D eigenvalue weighted by Gasteiger charge is -2.02. The fourth-order valence-electron chi connectivity index (χ4n) is 1.38. The molecule has 90 valence electrons. The number of aliphatic hydroxyl groups is 1. The Morgan fingerprint density at radius 3 is 2.76 bits per heavy atom. The van der Waals surface area contributed by atoms with E-state index in [1.165, 1.54) is 14.0 Å². The minimum Gasteiger partial charge on any atom is -0.434 e. The molecule has 1 N–H and O–H groups in total. The average molecular weight is 236 g/mol. The van der Waals surface area contributed by atoms with Crippen LogP contribution < -0.4 is 4.74 Å². The topological polar surface area (TPSA) is 72.6 Å². The number of nitrogens with zero attached hydrogens (tertiary/aromatic N) is 2. The quantitative estimate of drug-likeness (QED) is 0.630. The largest absolute Gasteiger partial charge is 0.434 e. The Balaban J connectivity index is 2.37. The van der Waals surface area contributed by atoms with Gasteiger partial charge in [0, 0.05) is 6.92 Å². The maximum Gasteiger partial charge on any atom is 0.286 e. The van der Waals surface area contributed by atoms with Crippen molar-refractivity contribution in [2.24, 2.45) is 10.3 Å². The number of oxime groups is 2. The summed E-state index contributed by atoms with van der Waals surface area (Å²) in [6.45, 7) is 1.46. The number of benzene rings is 1. The zero-order valence-corrected chi connectivity index (χ0v) is 9.45. The van der Waals surface area contributed by atoms with Crippen molar-refractivity contribution < 1.29 is 19.5 Å². The number of aliphatic hydroxyl groups excluding tert-OH is 1. The van der Waals surface area contributed by atoms with E-state index in [4.69, 9.17) is 14.7 Å². The number of rotatable bonds is 3. The first-order valence-corrected chi connectivity index (χ1v) is 5.03. The number of hydrogen-bond donors (Lipinski definition) is 1. The highest BCUT2D eigenvalue weighted by Crippen LogP contribution is 2.26. The summed E-state index contributed by atoms with van der Waals surface area (Å²) in [6.07, 6.45) is -1.00. The summed E-state index contributed by atoms with van der Waals surface area (Å²) < 4.78 is 5.42. The summed E-state index contributed by atoms with van der Waals surface area (Å²) in [5, 5.41) is 16.5. The van der Waals surface area contributed by atoms with E-state index in [2.05, 4.69) is 15.1 Å². The molecule has 1 heterocycles. The molecule has 17 heavy (non-hydrogen) atoms. The van der Waals surface area contributed by atoms with Crippen LogP contribution in [0, 0.1) is 0 Å². The molecule has 0 aromatic heterocycles. The molecule has 0 saturated carbocycles. The molecule has 0 aliphatic carbocycles. The molecule has 0 bridgehead atoms. The van der Waals surface area contributed by atoms with Crippen molar-refractivity contribution in [3.05, 3.63) is 29.8 Å². The summed E-state index contributed by atoms with van der Waals surface area (Å²) in [5.74, 6) is 0.825. The molecule has 2 rings (SSSR count). The van der Waals surface area contributed by atoms with Gasteiger partial charge in [0.2, 0.25) is 6.29 Å². The molecule has 6 nitrogen and oxygen atoms in total. The summed E-state index contributed by atoms with van der Waals surface area (Å²) in [5.41, 5.74) is 1.13. The predicted octanol–water partition coefficient (Wildman–Crippen LogP) is 1.10. The van der Waals surface area contributed by atoms with Gasteiger partial charge in [0.05, 0.1) is 5.56 Å².